The molecule has 29 heavy (non-hydrogen) atoms. The lowest BCUT2D eigenvalue weighted by atomic mass is 9.74. The second-order valence-electron chi connectivity index (χ2n) is 7.23. The summed E-state index contributed by atoms with van der Waals surface area (Å²) in [6.45, 7) is 6.93. The van der Waals surface area contributed by atoms with E-state index in [-0.39, 0.29) is 29.4 Å². The molecule has 0 aromatic heterocycles. The Morgan fingerprint density at radius 1 is 1.14 bits per heavy atom. The van der Waals surface area contributed by atoms with Gasteiger partial charge in [0, 0.05) is 24.3 Å². The normalized spacial score (nSPS) is 16.0. The van der Waals surface area contributed by atoms with Crippen molar-refractivity contribution < 1.29 is 9.47 Å². The van der Waals surface area contributed by atoms with Crippen LogP contribution in [-0.4, -0.2) is 32.3 Å². The Bertz CT molecular complexity index is 787. The monoisotopic (exact) mass is 509 g/mol. The number of rotatable bonds is 7. The van der Waals surface area contributed by atoms with E-state index >= 15 is 0 Å². The molecule has 0 aliphatic carbocycles. The van der Waals surface area contributed by atoms with Gasteiger partial charge in [-0.2, -0.15) is 0 Å². The van der Waals surface area contributed by atoms with E-state index in [2.05, 4.69) is 36.5 Å². The van der Waals surface area contributed by atoms with E-state index in [1.54, 1.807) is 0 Å². The number of ether oxygens (including phenoxy) is 2. The number of nitrogens with zero attached hydrogens (tertiary/aromatic N) is 1. The largest absolute Gasteiger partial charge is 0.494 e. The van der Waals surface area contributed by atoms with E-state index in [0.717, 1.165) is 43.9 Å². The van der Waals surface area contributed by atoms with E-state index in [4.69, 9.17) is 20.2 Å². The Hall–Kier alpha value is -1.80. The zero-order valence-corrected chi connectivity index (χ0v) is 19.6. The molecule has 1 saturated heterocycles. The van der Waals surface area contributed by atoms with Crippen molar-refractivity contribution in [2.45, 2.75) is 38.5 Å². The Labute approximate surface area is 191 Å². The van der Waals surface area contributed by atoms with Crippen LogP contribution in [0.1, 0.15) is 37.8 Å². The van der Waals surface area contributed by atoms with Gasteiger partial charge in [0.15, 0.2) is 5.96 Å². The molecule has 0 amide bonds. The van der Waals surface area contributed by atoms with Gasteiger partial charge in [0.25, 0.3) is 0 Å². The van der Waals surface area contributed by atoms with E-state index in [9.17, 15) is 0 Å². The second-order valence-corrected chi connectivity index (χ2v) is 7.23. The molecule has 1 fully saturated rings. The number of nitrogens with two attached hydrogens (primary N) is 1. The van der Waals surface area contributed by atoms with Crippen LogP contribution in [0.25, 0.3) is 0 Å². The fraction of sp³-hybridized carbons (Fsp3) is 0.435. The lowest BCUT2D eigenvalue weighted by molar-refractivity contribution is 0.0531. The molecule has 0 saturated carbocycles. The van der Waals surface area contributed by atoms with Crippen LogP contribution in [0.15, 0.2) is 53.5 Å². The van der Waals surface area contributed by atoms with Gasteiger partial charge in [-0.25, -0.2) is 0 Å². The van der Waals surface area contributed by atoms with E-state index in [1.165, 1.54) is 11.1 Å². The summed E-state index contributed by atoms with van der Waals surface area (Å²) in [6, 6.07) is 16.7. The van der Waals surface area contributed by atoms with Gasteiger partial charge in [-0.1, -0.05) is 31.2 Å². The summed E-state index contributed by atoms with van der Waals surface area (Å²) in [5.74, 6) is 1.35. The SMILES string of the molecule is CCOc1ccc(C2(CN=C(N)Nc3cccc(CC)c3)CCOCC2)cc1.I. The highest BCUT2D eigenvalue weighted by atomic mass is 127. The highest BCUT2D eigenvalue weighted by Gasteiger charge is 2.34. The number of aryl methyl sites for hydroxylation is 1. The molecule has 5 nitrogen and oxygen atoms in total. The maximum atomic E-state index is 6.20. The van der Waals surface area contributed by atoms with Gasteiger partial charge in [-0.05, 0) is 61.6 Å². The highest BCUT2D eigenvalue weighted by Crippen LogP contribution is 2.36. The van der Waals surface area contributed by atoms with Crippen molar-refractivity contribution in [1.82, 2.24) is 0 Å². The number of benzene rings is 2. The molecule has 1 aliphatic heterocycles. The van der Waals surface area contributed by atoms with Crippen molar-refractivity contribution in [2.75, 3.05) is 31.7 Å². The molecular formula is C23H32IN3O2. The van der Waals surface area contributed by atoms with Crippen LogP contribution in [0.2, 0.25) is 0 Å². The van der Waals surface area contributed by atoms with E-state index in [1.807, 2.05) is 31.2 Å². The van der Waals surface area contributed by atoms with Crippen LogP contribution in [0.5, 0.6) is 5.75 Å². The van der Waals surface area contributed by atoms with Gasteiger partial charge in [0.1, 0.15) is 5.75 Å². The van der Waals surface area contributed by atoms with Gasteiger partial charge in [-0.3, -0.25) is 4.99 Å². The smallest absolute Gasteiger partial charge is 0.193 e. The van der Waals surface area contributed by atoms with Crippen LogP contribution in [0, 0.1) is 0 Å². The molecule has 0 unspecified atom stereocenters. The van der Waals surface area contributed by atoms with Crippen LogP contribution >= 0.6 is 24.0 Å². The molecule has 0 radical (unpaired) electrons. The highest BCUT2D eigenvalue weighted by molar-refractivity contribution is 14.0. The van der Waals surface area contributed by atoms with Crippen LogP contribution in [-0.2, 0) is 16.6 Å². The topological polar surface area (TPSA) is 68.9 Å². The molecule has 0 bridgehead atoms. The standard InChI is InChI=1S/C23H31N3O2.HI/c1-3-18-6-5-7-20(16-18)26-22(24)25-17-23(12-14-27-15-13-23)19-8-10-21(11-9-19)28-4-2;/h5-11,16H,3-4,12-15,17H2,1-2H3,(H3,24,25,26);1H. The summed E-state index contributed by atoms with van der Waals surface area (Å²) in [5, 5.41) is 3.23. The molecule has 6 heteroatoms. The van der Waals surface area contributed by atoms with E-state index < -0.39 is 0 Å². The molecule has 3 rings (SSSR count). The zero-order valence-electron chi connectivity index (χ0n) is 17.3. The van der Waals surface area contributed by atoms with Crippen molar-refractivity contribution >= 4 is 35.6 Å². The Morgan fingerprint density at radius 3 is 2.52 bits per heavy atom. The van der Waals surface area contributed by atoms with Gasteiger partial charge in [0.05, 0.1) is 13.2 Å². The average molecular weight is 509 g/mol. The number of halogens is 1. The average Bonchev–Trinajstić information content (AvgIpc) is 2.74. The molecule has 2 aromatic rings. The quantitative estimate of drug-likeness (QED) is 0.322. The molecule has 0 atom stereocenters. The predicted molar refractivity (Wildman–Crippen MR) is 131 cm³/mol. The fourth-order valence-electron chi connectivity index (χ4n) is 3.66. The second kappa shape index (κ2) is 11.4. The van der Waals surface area contributed by atoms with Crippen molar-refractivity contribution in [3.63, 3.8) is 0 Å². The number of guanidine groups is 1. The van der Waals surface area contributed by atoms with Crippen molar-refractivity contribution in [3.05, 3.63) is 59.7 Å². The fourth-order valence-corrected chi connectivity index (χ4v) is 3.66. The summed E-state index contributed by atoms with van der Waals surface area (Å²) in [7, 11) is 0. The molecular weight excluding hydrogens is 477 g/mol. The number of hydrogen-bond donors (Lipinski definition) is 2. The molecule has 3 N–H and O–H groups in total. The molecule has 1 aliphatic rings. The Kier molecular flexibility index (Phi) is 9.23. The first-order valence-electron chi connectivity index (χ1n) is 10.1. The number of anilines is 1. The van der Waals surface area contributed by atoms with Crippen molar-refractivity contribution in [1.29, 1.82) is 0 Å². The van der Waals surface area contributed by atoms with Crippen LogP contribution in [0.4, 0.5) is 5.69 Å². The van der Waals surface area contributed by atoms with Gasteiger partial charge < -0.3 is 20.5 Å². The summed E-state index contributed by atoms with van der Waals surface area (Å²) in [6.07, 6.45) is 2.86. The van der Waals surface area contributed by atoms with Gasteiger partial charge >= 0.3 is 0 Å². The van der Waals surface area contributed by atoms with Gasteiger partial charge in [0.2, 0.25) is 0 Å². The minimum atomic E-state index is -0.0550. The lowest BCUT2D eigenvalue weighted by Gasteiger charge is -2.36. The minimum Gasteiger partial charge on any atom is -0.494 e. The summed E-state index contributed by atoms with van der Waals surface area (Å²) >= 11 is 0. The third-order valence-corrected chi connectivity index (χ3v) is 5.39. The Morgan fingerprint density at radius 2 is 1.86 bits per heavy atom. The lowest BCUT2D eigenvalue weighted by Crippen LogP contribution is -2.38. The van der Waals surface area contributed by atoms with Crippen molar-refractivity contribution in [2.24, 2.45) is 10.7 Å². The first-order chi connectivity index (χ1) is 13.6. The minimum absolute atomic E-state index is 0. The molecule has 2 aromatic carbocycles. The Balaban J connectivity index is 0.00000300. The third kappa shape index (κ3) is 6.34. The van der Waals surface area contributed by atoms with Gasteiger partial charge in [-0.15, -0.1) is 24.0 Å². The summed E-state index contributed by atoms with van der Waals surface area (Å²) in [5.41, 5.74) is 9.66. The summed E-state index contributed by atoms with van der Waals surface area (Å²) < 4.78 is 11.2. The van der Waals surface area contributed by atoms with Crippen LogP contribution < -0.4 is 15.8 Å². The first kappa shape index (κ1) is 23.5. The van der Waals surface area contributed by atoms with Crippen molar-refractivity contribution in [3.8, 4) is 5.75 Å². The molecule has 1 heterocycles. The van der Waals surface area contributed by atoms with Crippen LogP contribution in [0.3, 0.4) is 0 Å². The number of nitrogens with one attached hydrogen (secondary N) is 1. The van der Waals surface area contributed by atoms with E-state index in [0.29, 0.717) is 19.1 Å². The molecule has 158 valence electrons. The first-order valence-corrected chi connectivity index (χ1v) is 10.1. The predicted octanol–water partition coefficient (Wildman–Crippen LogP) is 4.74. The zero-order chi connectivity index (χ0) is 19.8. The third-order valence-electron chi connectivity index (χ3n) is 5.39. The maximum Gasteiger partial charge on any atom is 0.193 e. The summed E-state index contributed by atoms with van der Waals surface area (Å²) in [4.78, 5) is 4.70. The number of hydrogen-bond acceptors (Lipinski definition) is 3. The number of aliphatic imine (C=N–C) groups is 1. The maximum absolute atomic E-state index is 6.20. The molecule has 0 spiro atoms.